The van der Waals surface area contributed by atoms with Gasteiger partial charge in [0.2, 0.25) is 0 Å². The van der Waals surface area contributed by atoms with Crippen LogP contribution in [0.1, 0.15) is 206 Å². The van der Waals surface area contributed by atoms with Gasteiger partial charge in [-0.15, -0.1) is 0 Å². The summed E-state index contributed by atoms with van der Waals surface area (Å²) in [6, 6.07) is 0. The van der Waals surface area contributed by atoms with Crippen molar-refractivity contribution >= 4 is 5.97 Å². The van der Waals surface area contributed by atoms with Crippen LogP contribution in [0.5, 0.6) is 0 Å². The number of hydrogen-bond acceptors (Lipinski definition) is 2. The summed E-state index contributed by atoms with van der Waals surface area (Å²) in [7, 11) is 0. The lowest BCUT2D eigenvalue weighted by Crippen LogP contribution is -2.50. The Bertz CT molecular complexity index is 385. The minimum absolute atomic E-state index is 0.234. The molecule has 0 fully saturated rings. The normalized spacial score (nSPS) is 10.9. The van der Waals surface area contributed by atoms with E-state index in [0.29, 0.717) is 0 Å². The van der Waals surface area contributed by atoms with Crippen molar-refractivity contribution in [2.24, 2.45) is 0 Å². The van der Waals surface area contributed by atoms with Gasteiger partial charge in [0.05, 0.1) is 6.54 Å². The molecule has 3 nitrogen and oxygen atoms in total. The zero-order chi connectivity index (χ0) is 27.5. The number of carboxylic acids is 1. The summed E-state index contributed by atoms with van der Waals surface area (Å²) in [5.41, 5.74) is 3.88. The molecule has 0 radical (unpaired) electrons. The van der Waals surface area contributed by atoms with Gasteiger partial charge in [0.1, 0.15) is 0 Å². The van der Waals surface area contributed by atoms with Crippen molar-refractivity contribution in [3.05, 3.63) is 0 Å². The molecule has 224 valence electrons. The average molecular weight is 526 g/mol. The van der Waals surface area contributed by atoms with Crippen molar-refractivity contribution in [1.29, 1.82) is 0 Å². The summed E-state index contributed by atoms with van der Waals surface area (Å²) < 4.78 is 0. The quantitative estimate of drug-likeness (QED) is 0.0948. The van der Waals surface area contributed by atoms with E-state index in [1.807, 2.05) is 0 Å². The summed E-state index contributed by atoms with van der Waals surface area (Å²) in [5.74, 6) is -0.903. The van der Waals surface area contributed by atoms with E-state index in [0.717, 1.165) is 19.4 Å². The maximum absolute atomic E-state index is 10.2. The number of carbonyl (C=O) groups is 1. The van der Waals surface area contributed by atoms with Crippen molar-refractivity contribution in [1.82, 2.24) is 0 Å². The molecule has 0 unspecified atom stereocenters. The Labute approximate surface area is 234 Å². The Kier molecular flexibility index (Phi) is 39.2. The molecular formula is C34H71NO2. The van der Waals surface area contributed by atoms with Gasteiger partial charge in [0, 0.05) is 5.97 Å². The SMILES string of the molecule is CCCCCCCCCCCCCCCCCC(=O)[O-].CCCCCCCCCCCCCCCC[NH3+]. The van der Waals surface area contributed by atoms with Gasteiger partial charge < -0.3 is 15.6 Å². The average Bonchev–Trinajstić information content (AvgIpc) is 2.89. The first kappa shape index (κ1) is 38.6. The molecule has 3 heteroatoms. The first-order chi connectivity index (χ1) is 18.2. The first-order valence-corrected chi connectivity index (χ1v) is 17.2. The summed E-state index contributed by atoms with van der Waals surface area (Å²) in [5, 5.41) is 10.2. The maximum Gasteiger partial charge on any atom is 0.0739 e. The second-order valence-corrected chi connectivity index (χ2v) is 11.5. The van der Waals surface area contributed by atoms with Crippen molar-refractivity contribution < 1.29 is 15.6 Å². The van der Waals surface area contributed by atoms with E-state index in [1.54, 1.807) is 0 Å². The fourth-order valence-corrected chi connectivity index (χ4v) is 5.01. The Hall–Kier alpha value is -0.570. The minimum Gasteiger partial charge on any atom is -0.550 e. The molecule has 0 bridgehead atoms. The van der Waals surface area contributed by atoms with E-state index in [9.17, 15) is 9.90 Å². The van der Waals surface area contributed by atoms with E-state index in [-0.39, 0.29) is 6.42 Å². The second kappa shape index (κ2) is 37.6. The summed E-state index contributed by atoms with van der Waals surface area (Å²) in [4.78, 5) is 10.2. The molecule has 0 aromatic heterocycles. The summed E-state index contributed by atoms with van der Waals surface area (Å²) in [6.07, 6.45) is 40.1. The molecular weight excluding hydrogens is 454 g/mol. The molecule has 0 aliphatic rings. The third-order valence-electron chi connectivity index (χ3n) is 7.59. The molecule has 0 aliphatic heterocycles. The molecule has 0 saturated carbocycles. The van der Waals surface area contributed by atoms with Gasteiger partial charge in [-0.2, -0.15) is 0 Å². The third kappa shape index (κ3) is 42.8. The van der Waals surface area contributed by atoms with Crippen LogP contribution in [0, 0.1) is 0 Å². The van der Waals surface area contributed by atoms with Crippen molar-refractivity contribution in [2.45, 2.75) is 206 Å². The Morgan fingerprint density at radius 3 is 0.838 bits per heavy atom. The number of quaternary nitrogens is 1. The molecule has 37 heavy (non-hydrogen) atoms. The molecule has 0 rings (SSSR count). The van der Waals surface area contributed by atoms with Crippen LogP contribution >= 0.6 is 0 Å². The molecule has 0 amide bonds. The van der Waals surface area contributed by atoms with Crippen molar-refractivity contribution in [3.63, 3.8) is 0 Å². The van der Waals surface area contributed by atoms with Crippen LogP contribution in [0.15, 0.2) is 0 Å². The van der Waals surface area contributed by atoms with Crippen LogP contribution in [0.2, 0.25) is 0 Å². The monoisotopic (exact) mass is 526 g/mol. The summed E-state index contributed by atoms with van der Waals surface area (Å²) >= 11 is 0. The van der Waals surface area contributed by atoms with Crippen LogP contribution in [0.25, 0.3) is 0 Å². The first-order valence-electron chi connectivity index (χ1n) is 17.2. The topological polar surface area (TPSA) is 67.8 Å². The molecule has 0 heterocycles. The predicted molar refractivity (Wildman–Crippen MR) is 163 cm³/mol. The van der Waals surface area contributed by atoms with E-state index < -0.39 is 5.97 Å². The molecule has 0 spiro atoms. The van der Waals surface area contributed by atoms with Crippen LogP contribution in [-0.4, -0.2) is 12.5 Å². The molecule has 0 saturated heterocycles. The van der Waals surface area contributed by atoms with Gasteiger partial charge in [-0.1, -0.05) is 181 Å². The fourth-order valence-electron chi connectivity index (χ4n) is 5.01. The standard InChI is InChI=1S/C18H36O2.C16H35N/c1-2-3-4-5-6-7-8-9-10-11-12-13-14-15-16-17-18(19)20;1-2-3-4-5-6-7-8-9-10-11-12-13-14-15-16-17/h2-17H2,1H3,(H,19,20);2-17H2,1H3. The number of hydrogen-bond donors (Lipinski definition) is 1. The molecule has 0 aromatic rings. The van der Waals surface area contributed by atoms with Crippen LogP contribution in [0.4, 0.5) is 0 Å². The highest BCUT2D eigenvalue weighted by Gasteiger charge is 1.95. The van der Waals surface area contributed by atoms with Gasteiger partial charge in [-0.3, -0.25) is 0 Å². The minimum atomic E-state index is -0.903. The van der Waals surface area contributed by atoms with E-state index >= 15 is 0 Å². The number of carbonyl (C=O) groups excluding carboxylic acids is 1. The zero-order valence-electron chi connectivity index (χ0n) is 25.9. The van der Waals surface area contributed by atoms with Gasteiger partial charge in [0.25, 0.3) is 0 Å². The molecule has 0 atom stereocenters. The highest BCUT2D eigenvalue weighted by molar-refractivity contribution is 5.64. The van der Waals surface area contributed by atoms with Gasteiger partial charge in [-0.25, -0.2) is 0 Å². The van der Waals surface area contributed by atoms with Crippen molar-refractivity contribution in [3.8, 4) is 0 Å². The van der Waals surface area contributed by atoms with Crippen molar-refractivity contribution in [2.75, 3.05) is 6.54 Å². The number of unbranched alkanes of at least 4 members (excludes halogenated alkanes) is 27. The van der Waals surface area contributed by atoms with Gasteiger partial charge in [0.15, 0.2) is 0 Å². The van der Waals surface area contributed by atoms with E-state index in [4.69, 9.17) is 0 Å². The Morgan fingerprint density at radius 1 is 0.405 bits per heavy atom. The van der Waals surface area contributed by atoms with Crippen LogP contribution in [-0.2, 0) is 4.79 Å². The third-order valence-corrected chi connectivity index (χ3v) is 7.59. The lowest BCUT2D eigenvalue weighted by atomic mass is 10.0. The number of carboxylic acid groups (broad SMARTS) is 1. The zero-order valence-corrected chi connectivity index (χ0v) is 25.9. The van der Waals surface area contributed by atoms with E-state index in [1.165, 1.54) is 173 Å². The van der Waals surface area contributed by atoms with Gasteiger partial charge >= 0.3 is 0 Å². The second-order valence-electron chi connectivity index (χ2n) is 11.5. The highest BCUT2D eigenvalue weighted by Crippen LogP contribution is 2.14. The smallest absolute Gasteiger partial charge is 0.0739 e. The highest BCUT2D eigenvalue weighted by atomic mass is 16.4. The maximum atomic E-state index is 10.2. The lowest BCUT2D eigenvalue weighted by molar-refractivity contribution is -0.368. The number of aliphatic carboxylic acids is 1. The Morgan fingerprint density at radius 2 is 0.622 bits per heavy atom. The molecule has 3 N–H and O–H groups in total. The fraction of sp³-hybridized carbons (Fsp3) is 0.971. The summed E-state index contributed by atoms with van der Waals surface area (Å²) in [6.45, 7) is 5.68. The van der Waals surface area contributed by atoms with E-state index in [2.05, 4.69) is 19.6 Å². The Balaban J connectivity index is 0. The van der Waals surface area contributed by atoms with Gasteiger partial charge in [-0.05, 0) is 25.7 Å². The largest absolute Gasteiger partial charge is 0.550 e. The molecule has 0 aromatic carbocycles. The number of rotatable bonds is 30. The van der Waals surface area contributed by atoms with Crippen LogP contribution in [0.3, 0.4) is 0 Å². The predicted octanol–water partition coefficient (Wildman–Crippen LogP) is 9.71. The lowest BCUT2D eigenvalue weighted by Gasteiger charge is -2.04. The molecule has 0 aliphatic carbocycles. The van der Waals surface area contributed by atoms with Crippen LogP contribution < -0.4 is 10.8 Å².